The van der Waals surface area contributed by atoms with Gasteiger partial charge in [0.05, 0.1) is 6.42 Å². The van der Waals surface area contributed by atoms with E-state index in [1.54, 1.807) is 6.92 Å². The zero-order valence-electron chi connectivity index (χ0n) is 19.6. The van der Waals surface area contributed by atoms with Crippen LogP contribution in [0.15, 0.2) is 60.7 Å². The Balaban J connectivity index is 0.000000191. The number of carbonyl (C=O) groups excluding carboxylic acids is 3. The Morgan fingerprint density at radius 1 is 0.588 bits per heavy atom. The zero-order chi connectivity index (χ0) is 24.5. The van der Waals surface area contributed by atoms with E-state index in [1.165, 1.54) is 32.3 Å². The lowest BCUT2D eigenvalue weighted by Crippen LogP contribution is -2.16. The molecule has 0 aliphatic heterocycles. The molecule has 0 saturated carbocycles. The molecule has 0 spiro atoms. The van der Waals surface area contributed by atoms with E-state index in [1.807, 2.05) is 6.92 Å². The third kappa shape index (κ3) is 6.38. The molecule has 0 atom stereocenters. The summed E-state index contributed by atoms with van der Waals surface area (Å²) in [4.78, 5) is 33.2. The molecular weight excluding hydrogens is 430 g/mol. The third-order valence-corrected chi connectivity index (χ3v) is 5.32. The van der Waals surface area contributed by atoms with Crippen molar-refractivity contribution in [2.24, 2.45) is 0 Å². The molecule has 0 fully saturated rings. The molecule has 0 aliphatic carbocycles. The molecule has 0 unspecified atom stereocenters. The molecule has 34 heavy (non-hydrogen) atoms. The smallest absolute Gasteiger partial charge is 0.313 e. The largest absolute Gasteiger partial charge is 0.412 e. The van der Waals surface area contributed by atoms with Crippen molar-refractivity contribution in [2.45, 2.75) is 52.4 Å². The van der Waals surface area contributed by atoms with Crippen molar-refractivity contribution < 1.29 is 23.9 Å². The van der Waals surface area contributed by atoms with Crippen molar-refractivity contribution >= 4 is 56.1 Å². The molecule has 0 radical (unpaired) electrons. The minimum absolute atomic E-state index is 0.0479. The predicted octanol–water partition coefficient (Wildman–Crippen LogP) is 6.54. The number of hydrogen-bond donors (Lipinski definition) is 1. The molecular formula is C28H29NO5. The Morgan fingerprint density at radius 3 is 1.38 bits per heavy atom. The molecule has 0 heterocycles. The number of ether oxygens (including phenoxy) is 2. The summed E-state index contributed by atoms with van der Waals surface area (Å²) in [5.41, 5.74) is 0. The number of hydrogen-bond acceptors (Lipinski definition) is 6. The lowest BCUT2D eigenvalue weighted by molar-refractivity contribution is -0.159. The molecule has 0 aliphatic rings. The second-order valence-electron chi connectivity index (χ2n) is 8.03. The van der Waals surface area contributed by atoms with E-state index >= 15 is 0 Å². The zero-order valence-corrected chi connectivity index (χ0v) is 19.6. The maximum atomic E-state index is 11.2. The minimum Gasteiger partial charge on any atom is -0.412 e. The quantitative estimate of drug-likeness (QED) is 0.111. The number of carbonyl (C=O) groups is 3. The summed E-state index contributed by atoms with van der Waals surface area (Å²) in [6, 6.07) is 21.9. The van der Waals surface area contributed by atoms with Gasteiger partial charge in [-0.15, -0.1) is 0 Å². The maximum Gasteiger partial charge on any atom is 0.313 e. The Labute approximate surface area is 198 Å². The summed E-state index contributed by atoms with van der Waals surface area (Å²) in [6.07, 6.45) is 1.48. The van der Waals surface area contributed by atoms with E-state index in [0.717, 1.165) is 0 Å². The van der Waals surface area contributed by atoms with E-state index in [0.29, 0.717) is 12.8 Å². The highest BCUT2D eigenvalue weighted by Crippen LogP contribution is 2.33. The van der Waals surface area contributed by atoms with Gasteiger partial charge in [0.25, 0.3) is 0 Å². The van der Waals surface area contributed by atoms with Crippen molar-refractivity contribution in [2.75, 3.05) is 0 Å². The van der Waals surface area contributed by atoms with Gasteiger partial charge in [0.1, 0.15) is 0 Å². The summed E-state index contributed by atoms with van der Waals surface area (Å²) in [5, 5.41) is 15.5. The summed E-state index contributed by atoms with van der Waals surface area (Å²) in [6.45, 7) is 3.62. The molecule has 0 saturated heterocycles. The lowest BCUT2D eigenvalue weighted by atomic mass is 9.95. The molecule has 0 aromatic heterocycles. The fraction of sp³-hybridized carbons (Fsp3) is 0.286. The van der Waals surface area contributed by atoms with Gasteiger partial charge in [-0.25, -0.2) is 0 Å². The first kappa shape index (κ1) is 24.8. The van der Waals surface area contributed by atoms with Crippen LogP contribution in [0, 0.1) is 5.41 Å². The summed E-state index contributed by atoms with van der Waals surface area (Å²) < 4.78 is 9.12. The number of esters is 3. The minimum atomic E-state index is -0.704. The van der Waals surface area contributed by atoms with Crippen LogP contribution in [0.2, 0.25) is 0 Å². The van der Waals surface area contributed by atoms with Crippen LogP contribution in [0.5, 0.6) is 0 Å². The Morgan fingerprint density at radius 2 is 0.971 bits per heavy atom. The fourth-order valence-electron chi connectivity index (χ4n) is 3.76. The first-order chi connectivity index (χ1) is 16.4. The molecule has 0 amide bonds. The van der Waals surface area contributed by atoms with E-state index in [4.69, 9.17) is 5.41 Å². The van der Waals surface area contributed by atoms with Gasteiger partial charge in [-0.05, 0) is 45.2 Å². The molecule has 176 valence electrons. The SMILES string of the molecule is CCCC(=O)OC(=N)CCC(=O)OC(=O)CCC.c1cc2ccc3cccc4ccc(c1)c2c34. The summed E-state index contributed by atoms with van der Waals surface area (Å²) >= 11 is 0. The monoisotopic (exact) mass is 459 g/mol. The number of benzene rings is 4. The number of nitrogens with one attached hydrogen (secondary N) is 1. The van der Waals surface area contributed by atoms with E-state index < -0.39 is 17.9 Å². The Kier molecular flexibility index (Phi) is 8.68. The highest BCUT2D eigenvalue weighted by Gasteiger charge is 2.13. The van der Waals surface area contributed by atoms with Crippen molar-refractivity contribution in [3.05, 3.63) is 60.7 Å². The topological polar surface area (TPSA) is 93.5 Å². The van der Waals surface area contributed by atoms with Gasteiger partial charge in [-0.3, -0.25) is 19.8 Å². The fourth-order valence-corrected chi connectivity index (χ4v) is 3.76. The predicted molar refractivity (Wildman–Crippen MR) is 134 cm³/mol. The average molecular weight is 460 g/mol. The standard InChI is InChI=1S/C16H10.C12H19NO5/c1-3-11-7-9-13-5-2-6-14-10-8-12(4-1)15(11)16(13)14;1-3-5-10(14)17-9(13)7-8-12(16)18-11(15)6-4-2/h1-10H;13H,3-8H2,1-2H3. The molecule has 6 nitrogen and oxygen atoms in total. The van der Waals surface area contributed by atoms with Crippen molar-refractivity contribution in [1.82, 2.24) is 0 Å². The molecule has 1 N–H and O–H groups in total. The molecule has 4 rings (SSSR count). The Bertz CT molecular complexity index is 1150. The van der Waals surface area contributed by atoms with Crippen molar-refractivity contribution in [3.63, 3.8) is 0 Å². The van der Waals surface area contributed by atoms with Gasteiger partial charge in [0, 0.05) is 19.3 Å². The molecule has 4 aromatic carbocycles. The summed E-state index contributed by atoms with van der Waals surface area (Å²) in [7, 11) is 0. The third-order valence-electron chi connectivity index (χ3n) is 5.32. The highest BCUT2D eigenvalue weighted by atomic mass is 16.6. The highest BCUT2D eigenvalue weighted by molar-refractivity contribution is 6.22. The second-order valence-corrected chi connectivity index (χ2v) is 8.03. The lowest BCUT2D eigenvalue weighted by Gasteiger charge is -2.09. The molecule has 6 heteroatoms. The van der Waals surface area contributed by atoms with Crippen molar-refractivity contribution in [3.8, 4) is 0 Å². The van der Waals surface area contributed by atoms with Crippen LogP contribution in [0.4, 0.5) is 0 Å². The van der Waals surface area contributed by atoms with Crippen LogP contribution in [-0.2, 0) is 23.9 Å². The van der Waals surface area contributed by atoms with E-state index in [-0.39, 0.29) is 31.6 Å². The summed E-state index contributed by atoms with van der Waals surface area (Å²) in [5.74, 6) is -2.05. The first-order valence-corrected chi connectivity index (χ1v) is 11.6. The van der Waals surface area contributed by atoms with Crippen molar-refractivity contribution in [1.29, 1.82) is 5.41 Å². The maximum absolute atomic E-state index is 11.2. The van der Waals surface area contributed by atoms with Crippen LogP contribution in [0.1, 0.15) is 52.4 Å². The second kappa shape index (κ2) is 11.9. The van der Waals surface area contributed by atoms with E-state index in [2.05, 4.69) is 70.1 Å². The molecule has 4 aromatic rings. The van der Waals surface area contributed by atoms with Crippen LogP contribution < -0.4 is 0 Å². The first-order valence-electron chi connectivity index (χ1n) is 11.6. The van der Waals surface area contributed by atoms with Gasteiger partial charge in [-0.1, -0.05) is 74.5 Å². The van der Waals surface area contributed by atoms with Gasteiger partial charge in [-0.2, -0.15) is 0 Å². The van der Waals surface area contributed by atoms with Crippen LogP contribution >= 0.6 is 0 Å². The van der Waals surface area contributed by atoms with Gasteiger partial charge >= 0.3 is 17.9 Å². The van der Waals surface area contributed by atoms with Gasteiger partial charge in [0.2, 0.25) is 0 Å². The average Bonchev–Trinajstić information content (AvgIpc) is 2.82. The van der Waals surface area contributed by atoms with Crippen LogP contribution in [0.3, 0.4) is 0 Å². The van der Waals surface area contributed by atoms with Gasteiger partial charge < -0.3 is 9.47 Å². The normalized spacial score (nSPS) is 10.6. The molecule has 0 bridgehead atoms. The van der Waals surface area contributed by atoms with Gasteiger partial charge in [0.15, 0.2) is 5.90 Å². The van der Waals surface area contributed by atoms with Crippen LogP contribution in [-0.4, -0.2) is 23.8 Å². The number of rotatable bonds is 7. The Hall–Kier alpha value is -3.80. The van der Waals surface area contributed by atoms with E-state index in [9.17, 15) is 14.4 Å². The van der Waals surface area contributed by atoms with Crippen LogP contribution in [0.25, 0.3) is 32.3 Å².